The van der Waals surface area contributed by atoms with Crippen LogP contribution in [0.4, 0.5) is 0 Å². The van der Waals surface area contributed by atoms with Gasteiger partial charge in [0.05, 0.1) is 7.11 Å². The normalized spacial score (nSPS) is 32.9. The van der Waals surface area contributed by atoms with Gasteiger partial charge in [-0.25, -0.2) is 0 Å². The minimum atomic E-state index is -0.0947. The maximum absolute atomic E-state index is 11.4. The van der Waals surface area contributed by atoms with Crippen LogP contribution in [0.5, 0.6) is 0 Å². The molecule has 0 aromatic carbocycles. The van der Waals surface area contributed by atoms with Crippen molar-refractivity contribution >= 4 is 17.7 Å². The van der Waals surface area contributed by atoms with E-state index in [1.54, 1.807) is 0 Å². The fourth-order valence-electron chi connectivity index (χ4n) is 2.63. The Hall–Kier alpha value is -0.220. The number of carbonyl (C=O) groups excluding carboxylic acids is 1. The van der Waals surface area contributed by atoms with Gasteiger partial charge >= 0.3 is 5.97 Å². The molecule has 0 bridgehead atoms. The van der Waals surface area contributed by atoms with E-state index in [2.05, 4.69) is 17.1 Å². The molecular weight excluding hydrogens is 210 g/mol. The highest BCUT2D eigenvalue weighted by molar-refractivity contribution is 7.99. The Kier molecular flexibility index (Phi) is 3.92. The first-order valence-corrected chi connectivity index (χ1v) is 6.85. The Bertz CT molecular complexity index is 229. The maximum atomic E-state index is 11.4. The van der Waals surface area contributed by atoms with Gasteiger partial charge in [-0.1, -0.05) is 0 Å². The van der Waals surface area contributed by atoms with Crippen LogP contribution in [-0.4, -0.2) is 37.2 Å². The van der Waals surface area contributed by atoms with Gasteiger partial charge in [0, 0.05) is 0 Å². The fraction of sp³-hybridized carbons (Fsp3) is 0.909. The number of hydrogen-bond donors (Lipinski definition) is 1. The number of rotatable bonds is 2. The SMILES string of the molecule is COC(=O)C1CC(C2CCSCC2)CN1. The lowest BCUT2D eigenvalue weighted by Gasteiger charge is -2.26. The average Bonchev–Trinajstić information content (AvgIpc) is 2.78. The minimum absolute atomic E-state index is 0.0467. The Morgan fingerprint density at radius 3 is 2.73 bits per heavy atom. The van der Waals surface area contributed by atoms with Crippen molar-refractivity contribution in [3.63, 3.8) is 0 Å². The highest BCUT2D eigenvalue weighted by atomic mass is 32.2. The molecule has 0 aliphatic carbocycles. The van der Waals surface area contributed by atoms with Crippen molar-refractivity contribution < 1.29 is 9.53 Å². The van der Waals surface area contributed by atoms with Gasteiger partial charge in [0.1, 0.15) is 6.04 Å². The lowest BCUT2D eigenvalue weighted by atomic mass is 9.86. The van der Waals surface area contributed by atoms with E-state index in [9.17, 15) is 4.79 Å². The zero-order valence-corrected chi connectivity index (χ0v) is 10.0. The van der Waals surface area contributed by atoms with Crippen LogP contribution in [0.25, 0.3) is 0 Å². The average molecular weight is 229 g/mol. The van der Waals surface area contributed by atoms with Crippen LogP contribution in [0.1, 0.15) is 19.3 Å². The van der Waals surface area contributed by atoms with Gasteiger partial charge in [0.25, 0.3) is 0 Å². The quantitative estimate of drug-likeness (QED) is 0.724. The summed E-state index contributed by atoms with van der Waals surface area (Å²) in [5.74, 6) is 4.01. The highest BCUT2D eigenvalue weighted by Crippen LogP contribution is 2.33. The van der Waals surface area contributed by atoms with Crippen molar-refractivity contribution in [3.8, 4) is 0 Å². The van der Waals surface area contributed by atoms with Gasteiger partial charge in [0.15, 0.2) is 0 Å². The zero-order valence-electron chi connectivity index (χ0n) is 9.20. The largest absolute Gasteiger partial charge is 0.468 e. The molecule has 0 aromatic rings. The first kappa shape index (κ1) is 11.3. The predicted octanol–water partition coefficient (Wildman–Crippen LogP) is 1.28. The summed E-state index contributed by atoms with van der Waals surface area (Å²) in [6.45, 7) is 0.995. The van der Waals surface area contributed by atoms with Gasteiger partial charge < -0.3 is 10.1 Å². The molecule has 86 valence electrons. The van der Waals surface area contributed by atoms with Crippen molar-refractivity contribution in [1.29, 1.82) is 0 Å². The van der Waals surface area contributed by atoms with E-state index in [-0.39, 0.29) is 12.0 Å². The Labute approximate surface area is 95.3 Å². The third kappa shape index (κ3) is 2.67. The second-order valence-electron chi connectivity index (χ2n) is 4.43. The van der Waals surface area contributed by atoms with E-state index in [1.807, 2.05) is 0 Å². The van der Waals surface area contributed by atoms with Crippen molar-refractivity contribution in [2.24, 2.45) is 11.8 Å². The number of ether oxygens (including phenoxy) is 1. The molecular formula is C11H19NO2S. The van der Waals surface area contributed by atoms with E-state index >= 15 is 0 Å². The van der Waals surface area contributed by atoms with Crippen molar-refractivity contribution in [3.05, 3.63) is 0 Å². The van der Waals surface area contributed by atoms with Crippen molar-refractivity contribution in [1.82, 2.24) is 5.32 Å². The molecule has 0 radical (unpaired) electrons. The summed E-state index contributed by atoms with van der Waals surface area (Å²) in [5.41, 5.74) is 0. The predicted molar refractivity (Wildman–Crippen MR) is 62.0 cm³/mol. The Morgan fingerprint density at radius 2 is 2.07 bits per heavy atom. The molecule has 2 aliphatic heterocycles. The molecule has 1 N–H and O–H groups in total. The number of carbonyl (C=O) groups is 1. The van der Waals surface area contributed by atoms with Crippen LogP contribution >= 0.6 is 11.8 Å². The second-order valence-corrected chi connectivity index (χ2v) is 5.65. The molecule has 2 atom stereocenters. The molecule has 2 heterocycles. The maximum Gasteiger partial charge on any atom is 0.322 e. The second kappa shape index (κ2) is 5.21. The van der Waals surface area contributed by atoms with Gasteiger partial charge in [-0.15, -0.1) is 0 Å². The molecule has 4 heteroatoms. The number of hydrogen-bond acceptors (Lipinski definition) is 4. The number of thioether (sulfide) groups is 1. The molecule has 2 saturated heterocycles. The smallest absolute Gasteiger partial charge is 0.322 e. The first-order valence-electron chi connectivity index (χ1n) is 5.70. The molecule has 0 saturated carbocycles. The lowest BCUT2D eigenvalue weighted by molar-refractivity contribution is -0.142. The van der Waals surface area contributed by atoms with Crippen molar-refractivity contribution in [2.45, 2.75) is 25.3 Å². The van der Waals surface area contributed by atoms with E-state index < -0.39 is 0 Å². The molecule has 2 rings (SSSR count). The summed E-state index contributed by atoms with van der Waals surface area (Å²) in [7, 11) is 1.47. The van der Waals surface area contributed by atoms with Crippen LogP contribution in [0, 0.1) is 11.8 Å². The summed E-state index contributed by atoms with van der Waals surface area (Å²) in [5, 5.41) is 3.27. The van der Waals surface area contributed by atoms with Crippen molar-refractivity contribution in [2.75, 3.05) is 25.2 Å². The van der Waals surface area contributed by atoms with Crippen LogP contribution in [-0.2, 0) is 9.53 Å². The zero-order chi connectivity index (χ0) is 10.7. The minimum Gasteiger partial charge on any atom is -0.468 e. The summed E-state index contributed by atoms with van der Waals surface area (Å²) in [6.07, 6.45) is 3.62. The van der Waals surface area contributed by atoms with E-state index in [0.29, 0.717) is 5.92 Å². The monoisotopic (exact) mass is 229 g/mol. The molecule has 3 nitrogen and oxygen atoms in total. The van der Waals surface area contributed by atoms with Gasteiger partial charge in [-0.2, -0.15) is 11.8 Å². The lowest BCUT2D eigenvalue weighted by Crippen LogP contribution is -2.31. The number of methoxy groups -OCH3 is 1. The number of nitrogens with one attached hydrogen (secondary N) is 1. The standard InChI is InChI=1S/C11H19NO2S/c1-14-11(13)10-6-9(7-12-10)8-2-4-15-5-3-8/h8-10,12H,2-7H2,1H3. The van der Waals surface area contributed by atoms with Crippen LogP contribution < -0.4 is 5.32 Å². The third-order valence-corrected chi connectivity index (χ3v) is 4.63. The molecule has 2 fully saturated rings. The van der Waals surface area contributed by atoms with Crippen LogP contribution in [0.2, 0.25) is 0 Å². The van der Waals surface area contributed by atoms with Gasteiger partial charge in [-0.3, -0.25) is 4.79 Å². The molecule has 15 heavy (non-hydrogen) atoms. The topological polar surface area (TPSA) is 38.3 Å². The van der Waals surface area contributed by atoms with E-state index in [0.717, 1.165) is 18.9 Å². The van der Waals surface area contributed by atoms with E-state index in [4.69, 9.17) is 4.74 Å². The molecule has 0 aromatic heterocycles. The molecule has 0 amide bonds. The summed E-state index contributed by atoms with van der Waals surface area (Å²) < 4.78 is 4.76. The summed E-state index contributed by atoms with van der Waals surface area (Å²) >= 11 is 2.06. The fourth-order valence-corrected chi connectivity index (χ4v) is 3.77. The van der Waals surface area contributed by atoms with Gasteiger partial charge in [0.2, 0.25) is 0 Å². The summed E-state index contributed by atoms with van der Waals surface area (Å²) in [4.78, 5) is 11.4. The Morgan fingerprint density at radius 1 is 1.33 bits per heavy atom. The molecule has 0 spiro atoms. The molecule has 2 aliphatic rings. The van der Waals surface area contributed by atoms with E-state index in [1.165, 1.54) is 31.5 Å². The van der Waals surface area contributed by atoms with Crippen LogP contribution in [0.3, 0.4) is 0 Å². The Balaban J connectivity index is 1.83. The summed E-state index contributed by atoms with van der Waals surface area (Å²) in [6, 6.07) is -0.0467. The van der Waals surface area contributed by atoms with Gasteiger partial charge in [-0.05, 0) is 49.1 Å². The van der Waals surface area contributed by atoms with Crippen LogP contribution in [0.15, 0.2) is 0 Å². The third-order valence-electron chi connectivity index (χ3n) is 3.58. The highest BCUT2D eigenvalue weighted by Gasteiger charge is 2.34. The first-order chi connectivity index (χ1) is 7.31. The molecule has 2 unspecified atom stereocenters. The number of esters is 1.